The van der Waals surface area contributed by atoms with Crippen LogP contribution in [0.2, 0.25) is 0 Å². The number of benzene rings is 2. The second-order valence-electron chi connectivity index (χ2n) is 8.48. The molecule has 2 aromatic carbocycles. The van der Waals surface area contributed by atoms with Gasteiger partial charge in [-0.2, -0.15) is 0 Å². The van der Waals surface area contributed by atoms with Gasteiger partial charge >= 0.3 is 0 Å². The van der Waals surface area contributed by atoms with E-state index >= 15 is 0 Å². The topological polar surface area (TPSA) is 40.9 Å². The molecule has 0 amide bonds. The Labute approximate surface area is 191 Å². The molecule has 0 spiro atoms. The van der Waals surface area contributed by atoms with E-state index in [4.69, 9.17) is 4.99 Å². The summed E-state index contributed by atoms with van der Waals surface area (Å²) in [6, 6.07) is 12.0. The molecule has 32 heavy (non-hydrogen) atoms. The van der Waals surface area contributed by atoms with Crippen LogP contribution in [0.1, 0.15) is 40.0 Å². The van der Waals surface area contributed by atoms with Gasteiger partial charge in [-0.3, -0.25) is 9.98 Å². The molecule has 6 heteroatoms. The molecule has 1 fully saturated rings. The maximum atomic E-state index is 13.9. The van der Waals surface area contributed by atoms with Crippen molar-refractivity contribution in [2.75, 3.05) is 6.54 Å². The molecular weight excluding hydrogens is 419 g/mol. The normalized spacial score (nSPS) is 24.0. The third-order valence-electron chi connectivity index (χ3n) is 6.34. The molecule has 2 aliphatic rings. The molecule has 0 aliphatic carbocycles. The fourth-order valence-corrected chi connectivity index (χ4v) is 5.74. The van der Waals surface area contributed by atoms with Crippen LogP contribution in [0.25, 0.3) is 10.2 Å². The molecule has 1 saturated heterocycles. The number of fused-ring (bicyclic) bond motifs is 2. The summed E-state index contributed by atoms with van der Waals surface area (Å²) in [4.78, 5) is 16.0. The van der Waals surface area contributed by atoms with E-state index < -0.39 is 0 Å². The molecule has 5 rings (SSSR count). The van der Waals surface area contributed by atoms with Gasteiger partial charge in [0.05, 0.1) is 15.2 Å². The van der Waals surface area contributed by atoms with E-state index in [1.807, 2.05) is 44.5 Å². The molecule has 3 heterocycles. The number of hydrogen-bond donors (Lipinski definition) is 0. The van der Waals surface area contributed by atoms with Crippen molar-refractivity contribution in [1.82, 2.24) is 9.88 Å². The second-order valence-corrected chi connectivity index (χ2v) is 9.72. The lowest BCUT2D eigenvalue weighted by molar-refractivity contribution is 0.263. The summed E-state index contributed by atoms with van der Waals surface area (Å²) in [6.45, 7) is 8.40. The summed E-state index contributed by atoms with van der Waals surface area (Å²) in [5.41, 5.74) is 5.22. The maximum absolute atomic E-state index is 13.9. The van der Waals surface area contributed by atoms with Gasteiger partial charge < -0.3 is 4.90 Å². The molecule has 0 N–H and O–H groups in total. The molecule has 3 aromatic rings. The first-order valence-corrected chi connectivity index (χ1v) is 11.6. The van der Waals surface area contributed by atoms with Crippen LogP contribution in [0.15, 0.2) is 70.4 Å². The number of nitrogens with zero attached hydrogens (tertiary/aromatic N) is 4. The zero-order valence-corrected chi connectivity index (χ0v) is 19.0. The fourth-order valence-electron chi connectivity index (χ4n) is 4.86. The minimum absolute atomic E-state index is 0.0417. The van der Waals surface area contributed by atoms with Crippen molar-refractivity contribution >= 4 is 34.5 Å². The smallest absolute Gasteiger partial charge is 0.131 e. The molecule has 162 valence electrons. The number of allylic oxidation sites excluding steroid dienone is 1. The highest BCUT2D eigenvalue weighted by Gasteiger charge is 2.37. The number of hydrogen-bond acceptors (Lipinski definition) is 5. The molecule has 0 radical (unpaired) electrons. The lowest BCUT2D eigenvalue weighted by atomic mass is 9.83. The Morgan fingerprint density at radius 2 is 2.03 bits per heavy atom. The standard InChI is InChI=1S/C26H25FN4S/c1-16-11-18(5-7-22(16)27)21-12-20(14-28-3)25(26-29-9-4-10-31(26)15-21)19-6-8-23-24(13-19)32-17(2)30-23/h4-11,13-14,21,25-26H,3,12,15H2,1-2H3/b20-14-. The van der Waals surface area contributed by atoms with Gasteiger partial charge in [0.1, 0.15) is 12.0 Å². The van der Waals surface area contributed by atoms with Gasteiger partial charge in [-0.25, -0.2) is 9.37 Å². The Balaban J connectivity index is 1.62. The number of aryl methyl sites for hydroxylation is 2. The van der Waals surface area contributed by atoms with Crippen LogP contribution >= 0.6 is 11.3 Å². The first kappa shape index (κ1) is 20.8. The lowest BCUT2D eigenvalue weighted by Gasteiger charge is -2.34. The zero-order chi connectivity index (χ0) is 22.2. The Kier molecular flexibility index (Phi) is 5.47. The van der Waals surface area contributed by atoms with E-state index in [1.54, 1.807) is 17.4 Å². The third kappa shape index (κ3) is 3.79. The average Bonchev–Trinajstić information content (AvgIpc) is 3.07. The zero-order valence-electron chi connectivity index (χ0n) is 18.2. The van der Waals surface area contributed by atoms with Crippen LogP contribution in [0.5, 0.6) is 0 Å². The van der Waals surface area contributed by atoms with Crippen LogP contribution < -0.4 is 0 Å². The highest BCUT2D eigenvalue weighted by molar-refractivity contribution is 7.18. The first-order valence-electron chi connectivity index (χ1n) is 10.8. The van der Waals surface area contributed by atoms with Gasteiger partial charge in [0.2, 0.25) is 0 Å². The quantitative estimate of drug-likeness (QED) is 0.456. The summed E-state index contributed by atoms with van der Waals surface area (Å²) in [5.74, 6) is 0.0689. The minimum Gasteiger partial charge on any atom is -0.355 e. The van der Waals surface area contributed by atoms with Gasteiger partial charge in [0.25, 0.3) is 0 Å². The van der Waals surface area contributed by atoms with E-state index in [1.165, 1.54) is 15.8 Å². The van der Waals surface area contributed by atoms with Crippen molar-refractivity contribution in [3.05, 3.63) is 88.0 Å². The molecule has 0 bridgehead atoms. The Bertz CT molecular complexity index is 1270. The van der Waals surface area contributed by atoms with E-state index in [0.29, 0.717) is 5.56 Å². The number of halogens is 1. The van der Waals surface area contributed by atoms with Gasteiger partial charge in [-0.15, -0.1) is 11.3 Å². The van der Waals surface area contributed by atoms with Crippen molar-refractivity contribution in [3.8, 4) is 0 Å². The van der Waals surface area contributed by atoms with Crippen LogP contribution in [0.3, 0.4) is 0 Å². The molecule has 1 aromatic heterocycles. The minimum atomic E-state index is -0.169. The summed E-state index contributed by atoms with van der Waals surface area (Å²) >= 11 is 1.71. The molecule has 3 atom stereocenters. The predicted molar refractivity (Wildman–Crippen MR) is 131 cm³/mol. The molecule has 3 unspecified atom stereocenters. The van der Waals surface area contributed by atoms with Crippen LogP contribution in [-0.2, 0) is 0 Å². The summed E-state index contributed by atoms with van der Waals surface area (Å²) in [5, 5.41) is 1.06. The van der Waals surface area contributed by atoms with Gasteiger partial charge in [-0.1, -0.05) is 18.2 Å². The van der Waals surface area contributed by atoms with E-state index in [-0.39, 0.29) is 23.8 Å². The van der Waals surface area contributed by atoms with Crippen molar-refractivity contribution in [3.63, 3.8) is 0 Å². The van der Waals surface area contributed by atoms with Crippen LogP contribution in [0, 0.1) is 19.7 Å². The SMILES string of the molecule is C=N/C=C1/CC(c2ccc(F)c(C)c2)CN2C=CC=NC2C1c1ccc2nc(C)sc2c1. The lowest BCUT2D eigenvalue weighted by Crippen LogP contribution is -2.36. The Morgan fingerprint density at radius 3 is 2.84 bits per heavy atom. The second kappa shape index (κ2) is 8.43. The van der Waals surface area contributed by atoms with Crippen molar-refractivity contribution < 1.29 is 4.39 Å². The predicted octanol–water partition coefficient (Wildman–Crippen LogP) is 6.13. The van der Waals surface area contributed by atoms with Gasteiger partial charge in [-0.05, 0) is 73.5 Å². The summed E-state index contributed by atoms with van der Waals surface area (Å²) in [6.07, 6.45) is 8.62. The highest BCUT2D eigenvalue weighted by atomic mass is 32.1. The van der Waals surface area contributed by atoms with E-state index in [2.05, 4.69) is 46.0 Å². The number of rotatable bonds is 3. The number of thiazole rings is 1. The number of aromatic nitrogens is 1. The molecular formula is C26H25FN4S. The Hall–Kier alpha value is -3.12. The Morgan fingerprint density at radius 1 is 1.19 bits per heavy atom. The molecule has 4 nitrogen and oxygen atoms in total. The third-order valence-corrected chi connectivity index (χ3v) is 7.28. The largest absolute Gasteiger partial charge is 0.355 e. The molecule has 2 aliphatic heterocycles. The summed E-state index contributed by atoms with van der Waals surface area (Å²) in [7, 11) is 0. The number of aliphatic imine (C=N–C) groups is 2. The van der Waals surface area contributed by atoms with Crippen molar-refractivity contribution in [1.29, 1.82) is 0 Å². The fraction of sp³-hybridized carbons (Fsp3) is 0.269. The van der Waals surface area contributed by atoms with Crippen LogP contribution in [0.4, 0.5) is 4.39 Å². The van der Waals surface area contributed by atoms with Crippen molar-refractivity contribution in [2.45, 2.75) is 38.3 Å². The average molecular weight is 445 g/mol. The summed E-state index contributed by atoms with van der Waals surface area (Å²) < 4.78 is 15.1. The van der Waals surface area contributed by atoms with Crippen molar-refractivity contribution in [2.24, 2.45) is 9.98 Å². The van der Waals surface area contributed by atoms with Gasteiger partial charge in [0.15, 0.2) is 0 Å². The molecule has 0 saturated carbocycles. The van der Waals surface area contributed by atoms with Crippen LogP contribution in [-0.4, -0.2) is 35.5 Å². The van der Waals surface area contributed by atoms with E-state index in [9.17, 15) is 4.39 Å². The van der Waals surface area contributed by atoms with Gasteiger partial charge in [0, 0.05) is 37.0 Å². The monoisotopic (exact) mass is 444 g/mol. The highest BCUT2D eigenvalue weighted by Crippen LogP contribution is 2.43. The van der Waals surface area contributed by atoms with E-state index in [0.717, 1.165) is 29.1 Å². The first-order chi connectivity index (χ1) is 15.5. The maximum Gasteiger partial charge on any atom is 0.131 e.